The maximum Gasteiger partial charge on any atom is 0.412 e. The molecule has 0 aliphatic heterocycles. The molecule has 4 heteroatoms. The highest BCUT2D eigenvalue weighted by molar-refractivity contribution is 7.13. The van der Waals surface area contributed by atoms with Crippen LogP contribution in [-0.4, -0.2) is 11.7 Å². The Kier molecular flexibility index (Phi) is 3.90. The number of benzene rings is 1. The van der Waals surface area contributed by atoms with Crippen LogP contribution >= 0.6 is 11.3 Å². The zero-order valence-corrected chi connectivity index (χ0v) is 12.1. The first-order chi connectivity index (χ1) is 8.94. The largest absolute Gasteiger partial charge is 0.444 e. The van der Waals surface area contributed by atoms with Crippen molar-refractivity contribution in [3.8, 4) is 10.4 Å². The van der Waals surface area contributed by atoms with Crippen molar-refractivity contribution in [1.82, 2.24) is 0 Å². The van der Waals surface area contributed by atoms with Gasteiger partial charge in [-0.15, -0.1) is 11.3 Å². The molecule has 1 heterocycles. The van der Waals surface area contributed by atoms with Gasteiger partial charge in [-0.1, -0.05) is 18.2 Å². The molecule has 0 saturated carbocycles. The molecule has 3 nitrogen and oxygen atoms in total. The van der Waals surface area contributed by atoms with E-state index < -0.39 is 11.7 Å². The lowest BCUT2D eigenvalue weighted by Gasteiger charge is -2.19. The van der Waals surface area contributed by atoms with E-state index in [-0.39, 0.29) is 0 Å². The number of carbonyl (C=O) groups is 1. The number of carbonyl (C=O) groups excluding carboxylic acids is 1. The van der Waals surface area contributed by atoms with Crippen LogP contribution in [-0.2, 0) is 4.74 Å². The van der Waals surface area contributed by atoms with Crippen LogP contribution in [0.3, 0.4) is 0 Å². The van der Waals surface area contributed by atoms with Crippen molar-refractivity contribution >= 4 is 23.1 Å². The second kappa shape index (κ2) is 5.45. The van der Waals surface area contributed by atoms with Crippen molar-refractivity contribution < 1.29 is 9.53 Å². The highest BCUT2D eigenvalue weighted by atomic mass is 32.1. The molecule has 0 fully saturated rings. The Bertz CT molecular complexity index is 539. The summed E-state index contributed by atoms with van der Waals surface area (Å²) in [6.45, 7) is 5.52. The first-order valence-electron chi connectivity index (χ1n) is 6.08. The Morgan fingerprint density at radius 2 is 1.84 bits per heavy atom. The SMILES string of the molecule is CC(C)(C)OC(=O)Nc1ccc(-c2cccs2)cc1. The normalized spacial score (nSPS) is 11.1. The number of thiophene rings is 1. The van der Waals surface area contributed by atoms with Crippen molar-refractivity contribution in [2.75, 3.05) is 5.32 Å². The minimum Gasteiger partial charge on any atom is -0.444 e. The van der Waals surface area contributed by atoms with Crippen LogP contribution in [0.5, 0.6) is 0 Å². The number of anilines is 1. The number of nitrogens with one attached hydrogen (secondary N) is 1. The van der Waals surface area contributed by atoms with Gasteiger partial charge in [0.1, 0.15) is 5.60 Å². The summed E-state index contributed by atoms with van der Waals surface area (Å²) in [5.41, 5.74) is 1.39. The average molecular weight is 275 g/mol. The molecule has 1 aromatic heterocycles. The Hall–Kier alpha value is -1.81. The quantitative estimate of drug-likeness (QED) is 0.858. The number of hydrogen-bond donors (Lipinski definition) is 1. The second-order valence-corrected chi connectivity index (χ2v) is 6.13. The zero-order valence-electron chi connectivity index (χ0n) is 11.3. The van der Waals surface area contributed by atoms with Crippen LogP contribution in [0.4, 0.5) is 10.5 Å². The smallest absolute Gasteiger partial charge is 0.412 e. The molecule has 1 N–H and O–H groups in total. The van der Waals surface area contributed by atoms with Crippen LogP contribution in [0.25, 0.3) is 10.4 Å². The van der Waals surface area contributed by atoms with E-state index in [0.29, 0.717) is 0 Å². The predicted molar refractivity (Wildman–Crippen MR) is 79.6 cm³/mol. The van der Waals surface area contributed by atoms with Crippen molar-refractivity contribution in [1.29, 1.82) is 0 Å². The van der Waals surface area contributed by atoms with Crippen molar-refractivity contribution in [2.45, 2.75) is 26.4 Å². The van der Waals surface area contributed by atoms with Gasteiger partial charge in [0.05, 0.1) is 0 Å². The highest BCUT2D eigenvalue weighted by Gasteiger charge is 2.16. The molecule has 0 saturated heterocycles. The maximum atomic E-state index is 11.6. The van der Waals surface area contributed by atoms with Gasteiger partial charge in [-0.05, 0) is 49.9 Å². The summed E-state index contributed by atoms with van der Waals surface area (Å²) in [5.74, 6) is 0. The lowest BCUT2D eigenvalue weighted by molar-refractivity contribution is 0.0636. The lowest BCUT2D eigenvalue weighted by atomic mass is 10.2. The van der Waals surface area contributed by atoms with E-state index >= 15 is 0 Å². The van der Waals surface area contributed by atoms with Gasteiger partial charge in [0.2, 0.25) is 0 Å². The van der Waals surface area contributed by atoms with Crippen LogP contribution in [0.2, 0.25) is 0 Å². The van der Waals surface area contributed by atoms with Gasteiger partial charge in [-0.2, -0.15) is 0 Å². The Morgan fingerprint density at radius 1 is 1.16 bits per heavy atom. The Morgan fingerprint density at radius 3 is 2.37 bits per heavy atom. The topological polar surface area (TPSA) is 38.3 Å². The standard InChI is InChI=1S/C15H17NO2S/c1-15(2,3)18-14(17)16-12-8-6-11(7-9-12)13-5-4-10-19-13/h4-10H,1-3H3,(H,16,17). The fourth-order valence-electron chi connectivity index (χ4n) is 1.58. The minimum atomic E-state index is -0.485. The number of amides is 1. The van der Waals surface area contributed by atoms with Gasteiger partial charge in [0.15, 0.2) is 0 Å². The lowest BCUT2D eigenvalue weighted by Crippen LogP contribution is -2.27. The van der Waals surface area contributed by atoms with E-state index in [4.69, 9.17) is 4.74 Å². The minimum absolute atomic E-state index is 0.434. The third kappa shape index (κ3) is 4.10. The molecule has 1 amide bonds. The van der Waals surface area contributed by atoms with Crippen LogP contribution in [0.15, 0.2) is 41.8 Å². The van der Waals surface area contributed by atoms with Crippen LogP contribution < -0.4 is 5.32 Å². The Labute approximate surface area is 117 Å². The van der Waals surface area contributed by atoms with Crippen molar-refractivity contribution in [3.63, 3.8) is 0 Å². The molecule has 0 aliphatic carbocycles. The predicted octanol–water partition coefficient (Wildman–Crippen LogP) is 4.76. The average Bonchev–Trinajstić information content (AvgIpc) is 2.80. The third-order valence-electron chi connectivity index (χ3n) is 2.34. The molecule has 0 spiro atoms. The van der Waals surface area contributed by atoms with E-state index in [1.165, 1.54) is 4.88 Å². The highest BCUT2D eigenvalue weighted by Crippen LogP contribution is 2.25. The molecule has 0 atom stereocenters. The van der Waals surface area contributed by atoms with Gasteiger partial charge in [0.25, 0.3) is 0 Å². The second-order valence-electron chi connectivity index (χ2n) is 5.18. The van der Waals surface area contributed by atoms with E-state index in [0.717, 1.165) is 11.3 Å². The zero-order chi connectivity index (χ0) is 13.9. The summed E-state index contributed by atoms with van der Waals surface area (Å²) in [4.78, 5) is 12.8. The van der Waals surface area contributed by atoms with E-state index in [9.17, 15) is 4.79 Å². The molecule has 100 valence electrons. The molecule has 0 unspecified atom stereocenters. The molecule has 2 aromatic rings. The maximum absolute atomic E-state index is 11.6. The summed E-state index contributed by atoms with van der Waals surface area (Å²) in [6, 6.07) is 11.8. The van der Waals surface area contributed by atoms with Crippen LogP contribution in [0.1, 0.15) is 20.8 Å². The summed E-state index contributed by atoms with van der Waals surface area (Å²) in [6.07, 6.45) is -0.434. The van der Waals surface area contributed by atoms with E-state index in [1.54, 1.807) is 11.3 Å². The van der Waals surface area contributed by atoms with Gasteiger partial charge in [0, 0.05) is 10.6 Å². The molecule has 2 rings (SSSR count). The summed E-state index contributed by atoms with van der Waals surface area (Å²) < 4.78 is 5.20. The van der Waals surface area contributed by atoms with Crippen LogP contribution in [0, 0.1) is 0 Å². The monoisotopic (exact) mass is 275 g/mol. The fraction of sp³-hybridized carbons (Fsp3) is 0.267. The summed E-state index contributed by atoms with van der Waals surface area (Å²) in [7, 11) is 0. The van der Waals surface area contributed by atoms with E-state index in [2.05, 4.69) is 11.4 Å². The first-order valence-corrected chi connectivity index (χ1v) is 6.96. The van der Waals surface area contributed by atoms with Crippen molar-refractivity contribution in [3.05, 3.63) is 41.8 Å². The Balaban J connectivity index is 2.01. The number of ether oxygens (including phenoxy) is 1. The molecule has 0 radical (unpaired) electrons. The van der Waals surface area contributed by atoms with Gasteiger partial charge in [-0.25, -0.2) is 4.79 Å². The first kappa shape index (κ1) is 13.6. The van der Waals surface area contributed by atoms with Gasteiger partial charge >= 0.3 is 6.09 Å². The number of rotatable bonds is 2. The van der Waals surface area contributed by atoms with E-state index in [1.807, 2.05) is 56.5 Å². The molecule has 0 aliphatic rings. The third-order valence-corrected chi connectivity index (χ3v) is 3.25. The van der Waals surface area contributed by atoms with Gasteiger partial charge < -0.3 is 4.74 Å². The van der Waals surface area contributed by atoms with Crippen molar-refractivity contribution in [2.24, 2.45) is 0 Å². The number of hydrogen-bond acceptors (Lipinski definition) is 3. The molecule has 19 heavy (non-hydrogen) atoms. The summed E-state index contributed by atoms with van der Waals surface area (Å²) in [5, 5.41) is 4.76. The molecule has 0 bridgehead atoms. The fourth-order valence-corrected chi connectivity index (χ4v) is 2.32. The van der Waals surface area contributed by atoms with Gasteiger partial charge in [-0.3, -0.25) is 5.32 Å². The molecule has 1 aromatic carbocycles. The molecular weight excluding hydrogens is 258 g/mol. The summed E-state index contributed by atoms with van der Waals surface area (Å²) >= 11 is 1.69. The molecular formula is C15H17NO2S.